The first-order chi connectivity index (χ1) is 14.9. The first-order valence-corrected chi connectivity index (χ1v) is 10.9. The summed E-state index contributed by atoms with van der Waals surface area (Å²) in [5, 5.41) is 0. The molecule has 2 atom stereocenters. The highest BCUT2D eigenvalue weighted by molar-refractivity contribution is 5.61. The molecule has 1 aromatic carbocycles. The molecule has 0 spiro atoms. The predicted molar refractivity (Wildman–Crippen MR) is 115 cm³/mol. The van der Waals surface area contributed by atoms with Crippen molar-refractivity contribution in [1.29, 1.82) is 0 Å². The van der Waals surface area contributed by atoms with Crippen molar-refractivity contribution < 1.29 is 13.5 Å². The number of nitrogens with one attached hydrogen (secondary N) is 2. The SMILES string of the molecule is CC(C(F)F)N1CCN(c2cc([C@@H]3NNc4ccc(OC5(C)CC5)cc43)ncn2)CC1. The van der Waals surface area contributed by atoms with Crippen LogP contribution in [0.3, 0.4) is 0 Å². The number of hydrogen-bond acceptors (Lipinski definition) is 7. The van der Waals surface area contributed by atoms with Crippen molar-refractivity contribution in [2.45, 2.75) is 50.8 Å². The van der Waals surface area contributed by atoms with E-state index < -0.39 is 12.5 Å². The summed E-state index contributed by atoms with van der Waals surface area (Å²) in [6, 6.07) is 7.23. The molecular weight excluding hydrogens is 402 g/mol. The van der Waals surface area contributed by atoms with Crippen LogP contribution >= 0.6 is 0 Å². The van der Waals surface area contributed by atoms with Gasteiger partial charge in [-0.3, -0.25) is 4.90 Å². The summed E-state index contributed by atoms with van der Waals surface area (Å²) in [5.74, 6) is 1.69. The Labute approximate surface area is 180 Å². The number of nitrogens with zero attached hydrogens (tertiary/aromatic N) is 4. The Morgan fingerprint density at radius 1 is 1.13 bits per heavy atom. The standard InChI is InChI=1S/C22H28F2N6O/c1-14(21(23)24)29-7-9-30(10-8-29)19-12-18(25-13-26-19)20-16-11-15(31-22(2)5-6-22)3-4-17(16)27-28-20/h3-4,11-14,20-21,27-28H,5-10H2,1-2H3/t14?,20-/m1/s1. The van der Waals surface area contributed by atoms with E-state index in [1.807, 2.05) is 23.1 Å². The summed E-state index contributed by atoms with van der Waals surface area (Å²) in [7, 11) is 0. The molecule has 1 aromatic heterocycles. The fourth-order valence-corrected chi connectivity index (χ4v) is 4.19. The molecule has 2 aromatic rings. The minimum Gasteiger partial charge on any atom is -0.488 e. The van der Waals surface area contributed by atoms with E-state index in [1.165, 1.54) is 0 Å². The van der Waals surface area contributed by atoms with Crippen molar-refractivity contribution >= 4 is 11.5 Å². The first-order valence-electron chi connectivity index (χ1n) is 10.9. The minimum atomic E-state index is -2.32. The Balaban J connectivity index is 1.31. The summed E-state index contributed by atoms with van der Waals surface area (Å²) < 4.78 is 32.1. The number of hydrogen-bond donors (Lipinski definition) is 2. The monoisotopic (exact) mass is 430 g/mol. The number of anilines is 2. The van der Waals surface area contributed by atoms with E-state index in [0.717, 1.165) is 41.4 Å². The zero-order chi connectivity index (χ0) is 21.6. The maximum absolute atomic E-state index is 13.0. The van der Waals surface area contributed by atoms with Crippen molar-refractivity contribution in [1.82, 2.24) is 20.3 Å². The molecule has 2 N–H and O–H groups in total. The van der Waals surface area contributed by atoms with E-state index in [0.29, 0.717) is 26.2 Å². The Morgan fingerprint density at radius 3 is 2.61 bits per heavy atom. The number of fused-ring (bicyclic) bond motifs is 1. The molecule has 0 radical (unpaired) electrons. The highest BCUT2D eigenvalue weighted by Gasteiger charge is 2.40. The molecule has 31 heavy (non-hydrogen) atoms. The number of hydrazine groups is 1. The molecule has 5 rings (SSSR count). The minimum absolute atomic E-state index is 0.0325. The molecule has 166 valence electrons. The number of ether oxygens (including phenoxy) is 1. The Morgan fingerprint density at radius 2 is 1.90 bits per heavy atom. The molecule has 7 nitrogen and oxygen atoms in total. The Bertz CT molecular complexity index is 945. The molecule has 3 heterocycles. The van der Waals surface area contributed by atoms with Crippen LogP contribution in [0.15, 0.2) is 30.6 Å². The fourth-order valence-electron chi connectivity index (χ4n) is 4.19. The summed E-state index contributed by atoms with van der Waals surface area (Å²) in [6.07, 6.45) is 1.42. The third-order valence-corrected chi connectivity index (χ3v) is 6.55. The third-order valence-electron chi connectivity index (χ3n) is 6.55. The van der Waals surface area contributed by atoms with Gasteiger partial charge < -0.3 is 15.1 Å². The van der Waals surface area contributed by atoms with E-state index in [2.05, 4.69) is 38.7 Å². The van der Waals surface area contributed by atoms with Gasteiger partial charge in [0.1, 0.15) is 23.5 Å². The van der Waals surface area contributed by atoms with Gasteiger partial charge in [-0.25, -0.2) is 24.2 Å². The molecule has 3 aliphatic rings. The second-order valence-corrected chi connectivity index (χ2v) is 8.90. The number of aromatic nitrogens is 2. The van der Waals surface area contributed by atoms with E-state index in [-0.39, 0.29) is 11.6 Å². The van der Waals surface area contributed by atoms with Gasteiger partial charge in [-0.15, -0.1) is 0 Å². The predicted octanol–water partition coefficient (Wildman–Crippen LogP) is 3.20. The van der Waals surface area contributed by atoms with Gasteiger partial charge >= 0.3 is 0 Å². The molecule has 0 bridgehead atoms. The van der Waals surface area contributed by atoms with Gasteiger partial charge in [0.25, 0.3) is 6.43 Å². The van der Waals surface area contributed by atoms with Crippen LogP contribution in [0.4, 0.5) is 20.3 Å². The van der Waals surface area contributed by atoms with Gasteiger partial charge in [0, 0.05) is 37.8 Å². The van der Waals surface area contributed by atoms with Gasteiger partial charge in [-0.2, -0.15) is 0 Å². The van der Waals surface area contributed by atoms with Gasteiger partial charge in [-0.05, 0) is 44.9 Å². The average molecular weight is 431 g/mol. The summed E-state index contributed by atoms with van der Waals surface area (Å²) in [6.45, 7) is 6.23. The van der Waals surface area contributed by atoms with Crippen LogP contribution in [-0.2, 0) is 0 Å². The lowest BCUT2D eigenvalue weighted by Crippen LogP contribution is -2.51. The molecule has 1 saturated carbocycles. The highest BCUT2D eigenvalue weighted by Crippen LogP contribution is 2.42. The van der Waals surface area contributed by atoms with Gasteiger partial charge in [0.15, 0.2) is 0 Å². The van der Waals surface area contributed by atoms with E-state index in [9.17, 15) is 8.78 Å². The molecular formula is C22H28F2N6O. The van der Waals surface area contributed by atoms with Crippen LogP contribution in [0.1, 0.15) is 44.0 Å². The van der Waals surface area contributed by atoms with Crippen LogP contribution < -0.4 is 20.5 Å². The maximum atomic E-state index is 13.0. The van der Waals surface area contributed by atoms with Crippen molar-refractivity contribution in [2.75, 3.05) is 36.5 Å². The van der Waals surface area contributed by atoms with Crippen LogP contribution in [0.2, 0.25) is 0 Å². The third kappa shape index (κ3) is 4.16. The summed E-state index contributed by atoms with van der Waals surface area (Å²) in [4.78, 5) is 12.9. The van der Waals surface area contributed by atoms with Gasteiger partial charge in [0.05, 0.1) is 23.5 Å². The fraction of sp³-hybridized carbons (Fsp3) is 0.545. The number of halogens is 2. The molecule has 0 amide bonds. The van der Waals surface area contributed by atoms with Crippen LogP contribution in [0.25, 0.3) is 0 Å². The quantitative estimate of drug-likeness (QED) is 0.730. The molecule has 1 aliphatic carbocycles. The van der Waals surface area contributed by atoms with E-state index >= 15 is 0 Å². The summed E-state index contributed by atoms with van der Waals surface area (Å²) in [5.41, 5.74) is 9.44. The topological polar surface area (TPSA) is 65.5 Å². The van der Waals surface area contributed by atoms with Crippen LogP contribution in [-0.4, -0.2) is 59.1 Å². The zero-order valence-corrected chi connectivity index (χ0v) is 17.8. The van der Waals surface area contributed by atoms with Crippen LogP contribution in [0.5, 0.6) is 5.75 Å². The number of rotatable bonds is 6. The molecule has 1 saturated heterocycles. The highest BCUT2D eigenvalue weighted by atomic mass is 19.3. The smallest absolute Gasteiger partial charge is 0.253 e. The van der Waals surface area contributed by atoms with Crippen molar-refractivity contribution in [3.8, 4) is 5.75 Å². The lowest BCUT2D eigenvalue weighted by atomic mass is 10.0. The average Bonchev–Trinajstić information content (AvgIpc) is 3.35. The maximum Gasteiger partial charge on any atom is 0.253 e. The van der Waals surface area contributed by atoms with Crippen molar-refractivity contribution in [3.63, 3.8) is 0 Å². The summed E-state index contributed by atoms with van der Waals surface area (Å²) >= 11 is 0. The van der Waals surface area contributed by atoms with E-state index in [4.69, 9.17) is 4.74 Å². The lowest BCUT2D eigenvalue weighted by Gasteiger charge is -2.38. The lowest BCUT2D eigenvalue weighted by molar-refractivity contribution is 0.0318. The zero-order valence-electron chi connectivity index (χ0n) is 17.8. The first kappa shape index (κ1) is 20.4. The van der Waals surface area contributed by atoms with Gasteiger partial charge in [-0.1, -0.05) is 0 Å². The second-order valence-electron chi connectivity index (χ2n) is 8.90. The molecule has 1 unspecified atom stereocenters. The van der Waals surface area contributed by atoms with Gasteiger partial charge in [0.2, 0.25) is 0 Å². The number of alkyl halides is 2. The largest absolute Gasteiger partial charge is 0.488 e. The normalized spacial score (nSPS) is 23.4. The van der Waals surface area contributed by atoms with E-state index in [1.54, 1.807) is 13.3 Å². The van der Waals surface area contributed by atoms with Crippen LogP contribution in [0, 0.1) is 0 Å². The van der Waals surface area contributed by atoms with Crippen molar-refractivity contribution in [3.05, 3.63) is 41.9 Å². The second kappa shape index (κ2) is 7.87. The Hall–Kier alpha value is -2.52. The molecule has 2 fully saturated rings. The number of benzene rings is 1. The Kier molecular flexibility index (Phi) is 5.18. The molecule has 9 heteroatoms. The number of piperazine rings is 1. The molecule has 2 aliphatic heterocycles. The van der Waals surface area contributed by atoms with Crippen molar-refractivity contribution in [2.24, 2.45) is 0 Å².